The highest BCUT2D eigenvalue weighted by atomic mass is 14.7. The van der Waals surface area contributed by atoms with Crippen LogP contribution >= 0.6 is 0 Å². The number of nitrogens with zero attached hydrogens (tertiary/aromatic N) is 1. The Hall–Kier alpha value is -0.785. The Balaban J connectivity index is 0.000000810. The van der Waals surface area contributed by atoms with Crippen molar-refractivity contribution in [3.05, 3.63) is 30.1 Å². The van der Waals surface area contributed by atoms with Crippen molar-refractivity contribution in [1.29, 1.82) is 0 Å². The van der Waals surface area contributed by atoms with Crippen molar-refractivity contribution < 1.29 is 0 Å². The standard InChI is InChI=1S/C8H11N.B/c1-7(2)8-5-3-4-6-9-8;/h3-7H,1-2H3;. The van der Waals surface area contributed by atoms with Crippen LogP contribution in [0.25, 0.3) is 0 Å². The van der Waals surface area contributed by atoms with Crippen molar-refractivity contribution in [2.45, 2.75) is 19.8 Å². The summed E-state index contributed by atoms with van der Waals surface area (Å²) in [4.78, 5) is 4.18. The minimum atomic E-state index is 0. The summed E-state index contributed by atoms with van der Waals surface area (Å²) in [5.41, 5.74) is 1.16. The first kappa shape index (κ1) is 9.21. The molecule has 51 valence electrons. The maximum atomic E-state index is 4.18. The molecule has 1 aromatic rings. The first-order valence-corrected chi connectivity index (χ1v) is 3.21. The fraction of sp³-hybridized carbons (Fsp3) is 0.375. The Morgan fingerprint density at radius 1 is 1.30 bits per heavy atom. The van der Waals surface area contributed by atoms with Gasteiger partial charge < -0.3 is 0 Å². The molecule has 1 aromatic heterocycles. The molecule has 1 heterocycles. The van der Waals surface area contributed by atoms with Crippen LogP contribution in [0, 0.1) is 0 Å². The monoisotopic (exact) mass is 132 g/mol. The van der Waals surface area contributed by atoms with E-state index >= 15 is 0 Å². The van der Waals surface area contributed by atoms with Crippen LogP contribution in [0.5, 0.6) is 0 Å². The predicted octanol–water partition coefficient (Wildman–Crippen LogP) is 1.82. The minimum absolute atomic E-state index is 0. The molecule has 0 amide bonds. The summed E-state index contributed by atoms with van der Waals surface area (Å²) in [6, 6.07) is 6.00. The van der Waals surface area contributed by atoms with E-state index in [0.717, 1.165) is 5.69 Å². The molecule has 0 aliphatic rings. The molecular weight excluding hydrogens is 121 g/mol. The van der Waals surface area contributed by atoms with E-state index in [-0.39, 0.29) is 8.41 Å². The van der Waals surface area contributed by atoms with E-state index in [4.69, 9.17) is 0 Å². The molecule has 2 heteroatoms. The summed E-state index contributed by atoms with van der Waals surface area (Å²) in [6.07, 6.45) is 1.83. The highest BCUT2D eigenvalue weighted by Crippen LogP contribution is 2.08. The van der Waals surface area contributed by atoms with E-state index in [1.807, 2.05) is 24.4 Å². The molecular formula is C8H11BN. The molecule has 1 nitrogen and oxygen atoms in total. The summed E-state index contributed by atoms with van der Waals surface area (Å²) in [7, 11) is 0. The van der Waals surface area contributed by atoms with E-state index in [2.05, 4.69) is 18.8 Å². The SMILES string of the molecule is CC(C)c1ccccn1.[B]. The van der Waals surface area contributed by atoms with Gasteiger partial charge in [0.25, 0.3) is 0 Å². The third-order valence-corrected chi connectivity index (χ3v) is 1.28. The Bertz CT molecular complexity index is 172. The van der Waals surface area contributed by atoms with Crippen LogP contribution in [-0.2, 0) is 0 Å². The lowest BCUT2D eigenvalue weighted by Crippen LogP contribution is -1.88. The molecule has 0 atom stereocenters. The smallest absolute Gasteiger partial charge is 0.0428 e. The summed E-state index contributed by atoms with van der Waals surface area (Å²) >= 11 is 0. The van der Waals surface area contributed by atoms with E-state index in [1.54, 1.807) is 0 Å². The van der Waals surface area contributed by atoms with Gasteiger partial charge in [-0.05, 0) is 18.1 Å². The highest BCUT2D eigenvalue weighted by Gasteiger charge is 1.95. The maximum absolute atomic E-state index is 4.18. The van der Waals surface area contributed by atoms with Gasteiger partial charge in [-0.3, -0.25) is 4.98 Å². The molecule has 0 aliphatic heterocycles. The minimum Gasteiger partial charge on any atom is -0.261 e. The van der Waals surface area contributed by atoms with Crippen LogP contribution in [0.2, 0.25) is 0 Å². The van der Waals surface area contributed by atoms with E-state index in [0.29, 0.717) is 5.92 Å². The molecule has 0 aromatic carbocycles. The van der Waals surface area contributed by atoms with Crippen LogP contribution in [0.4, 0.5) is 0 Å². The van der Waals surface area contributed by atoms with Crippen LogP contribution in [0.15, 0.2) is 24.4 Å². The van der Waals surface area contributed by atoms with Crippen molar-refractivity contribution in [3.8, 4) is 0 Å². The van der Waals surface area contributed by atoms with Gasteiger partial charge >= 0.3 is 0 Å². The normalized spacial score (nSPS) is 9.10. The Kier molecular flexibility index (Phi) is 3.78. The van der Waals surface area contributed by atoms with Gasteiger partial charge in [-0.25, -0.2) is 0 Å². The van der Waals surface area contributed by atoms with Crippen LogP contribution < -0.4 is 0 Å². The molecule has 0 aliphatic carbocycles. The topological polar surface area (TPSA) is 12.9 Å². The molecule has 3 radical (unpaired) electrons. The quantitative estimate of drug-likeness (QED) is 0.531. The van der Waals surface area contributed by atoms with Crippen LogP contribution in [0.3, 0.4) is 0 Å². The third kappa shape index (κ3) is 2.22. The Morgan fingerprint density at radius 3 is 2.30 bits per heavy atom. The van der Waals surface area contributed by atoms with Crippen molar-refractivity contribution in [2.75, 3.05) is 0 Å². The first-order valence-electron chi connectivity index (χ1n) is 3.21. The summed E-state index contributed by atoms with van der Waals surface area (Å²) in [5.74, 6) is 0.547. The zero-order valence-electron chi connectivity index (χ0n) is 6.41. The molecule has 0 unspecified atom stereocenters. The van der Waals surface area contributed by atoms with E-state index in [1.165, 1.54) is 0 Å². The number of aromatic nitrogens is 1. The van der Waals surface area contributed by atoms with Gasteiger partial charge in [0, 0.05) is 20.3 Å². The van der Waals surface area contributed by atoms with Gasteiger partial charge in [0.15, 0.2) is 0 Å². The van der Waals surface area contributed by atoms with Gasteiger partial charge in [-0.1, -0.05) is 19.9 Å². The highest BCUT2D eigenvalue weighted by molar-refractivity contribution is 5.75. The number of hydrogen-bond donors (Lipinski definition) is 0. The summed E-state index contributed by atoms with van der Waals surface area (Å²) < 4.78 is 0. The maximum Gasteiger partial charge on any atom is 0.0428 e. The van der Waals surface area contributed by atoms with E-state index in [9.17, 15) is 0 Å². The van der Waals surface area contributed by atoms with Gasteiger partial charge in [-0.15, -0.1) is 0 Å². The summed E-state index contributed by atoms with van der Waals surface area (Å²) in [5, 5.41) is 0. The van der Waals surface area contributed by atoms with Crippen molar-refractivity contribution in [2.24, 2.45) is 0 Å². The van der Waals surface area contributed by atoms with Gasteiger partial charge in [0.2, 0.25) is 0 Å². The van der Waals surface area contributed by atoms with Gasteiger partial charge in [0.1, 0.15) is 0 Å². The summed E-state index contributed by atoms with van der Waals surface area (Å²) in [6.45, 7) is 4.28. The molecule has 0 saturated heterocycles. The molecule has 0 spiro atoms. The molecule has 0 saturated carbocycles. The molecule has 0 bridgehead atoms. The zero-order valence-corrected chi connectivity index (χ0v) is 6.41. The van der Waals surface area contributed by atoms with Crippen molar-refractivity contribution >= 4 is 8.41 Å². The van der Waals surface area contributed by atoms with Crippen LogP contribution in [-0.4, -0.2) is 13.4 Å². The lowest BCUT2D eigenvalue weighted by molar-refractivity contribution is 0.823. The van der Waals surface area contributed by atoms with Gasteiger partial charge in [-0.2, -0.15) is 0 Å². The number of rotatable bonds is 1. The average molecular weight is 132 g/mol. The number of pyridine rings is 1. The second-order valence-electron chi connectivity index (χ2n) is 2.41. The lowest BCUT2D eigenvalue weighted by Gasteiger charge is -2.00. The van der Waals surface area contributed by atoms with Gasteiger partial charge in [0.05, 0.1) is 0 Å². The number of hydrogen-bond acceptors (Lipinski definition) is 1. The van der Waals surface area contributed by atoms with E-state index < -0.39 is 0 Å². The van der Waals surface area contributed by atoms with Crippen molar-refractivity contribution in [1.82, 2.24) is 4.98 Å². The average Bonchev–Trinajstić information content (AvgIpc) is 1.90. The lowest BCUT2D eigenvalue weighted by atomic mass is 10.1. The second-order valence-corrected chi connectivity index (χ2v) is 2.41. The largest absolute Gasteiger partial charge is 0.261 e. The fourth-order valence-corrected chi connectivity index (χ4v) is 0.717. The molecule has 10 heavy (non-hydrogen) atoms. The molecule has 1 rings (SSSR count). The second kappa shape index (κ2) is 4.10. The zero-order chi connectivity index (χ0) is 6.69. The first-order chi connectivity index (χ1) is 4.30. The fourth-order valence-electron chi connectivity index (χ4n) is 0.717. The molecule has 0 N–H and O–H groups in total. The van der Waals surface area contributed by atoms with Crippen LogP contribution in [0.1, 0.15) is 25.5 Å². The Morgan fingerprint density at radius 2 is 2.00 bits per heavy atom. The molecule has 0 fully saturated rings. The Labute approximate surface area is 64.1 Å². The third-order valence-electron chi connectivity index (χ3n) is 1.28. The predicted molar refractivity (Wildman–Crippen MR) is 44.1 cm³/mol. The van der Waals surface area contributed by atoms with Crippen molar-refractivity contribution in [3.63, 3.8) is 0 Å².